The lowest BCUT2D eigenvalue weighted by atomic mass is 9.96. The molecule has 0 aliphatic carbocycles. The van der Waals surface area contributed by atoms with E-state index in [1.54, 1.807) is 0 Å². The first-order valence-corrected chi connectivity index (χ1v) is 44.4. The average molecular weight is 1700 g/mol. The predicted molar refractivity (Wildman–Crippen MR) is 544 cm³/mol. The maximum absolute atomic E-state index is 6.28. The topological polar surface area (TPSA) is 155 Å². The van der Waals surface area contributed by atoms with E-state index >= 15 is 0 Å². The smallest absolute Gasteiger partial charge is 0.164 e. The Morgan fingerprint density at radius 2 is 0.421 bits per heavy atom. The number of aromatic nitrogens is 9. The van der Waals surface area contributed by atoms with Gasteiger partial charge in [-0.1, -0.05) is 370 Å². The Kier molecular flexibility index (Phi) is 18.9. The molecule has 0 spiro atoms. The summed E-state index contributed by atoms with van der Waals surface area (Å²) in [5, 5.41) is 22.7. The third-order valence-electron chi connectivity index (χ3n) is 25.3. The van der Waals surface area contributed by atoms with Crippen molar-refractivity contribution in [2.24, 2.45) is 0 Å². The Bertz CT molecular complexity index is 9100. The van der Waals surface area contributed by atoms with Gasteiger partial charge in [-0.05, 0) is 170 Å². The van der Waals surface area contributed by atoms with Gasteiger partial charge < -0.3 is 13.3 Å². The van der Waals surface area contributed by atoms with Crippen molar-refractivity contribution < 1.29 is 13.3 Å². The van der Waals surface area contributed by atoms with Gasteiger partial charge in [0.05, 0.1) is 0 Å². The summed E-state index contributed by atoms with van der Waals surface area (Å²) in [5.41, 5.74) is 18.1. The van der Waals surface area contributed by atoms with E-state index in [1.165, 1.54) is 48.7 Å². The molecule has 620 valence electrons. The molecule has 0 aliphatic rings. The summed E-state index contributed by atoms with van der Waals surface area (Å²) in [6, 6.07) is 153. The summed E-state index contributed by atoms with van der Waals surface area (Å²) in [6.07, 6.45) is 0. The van der Waals surface area contributed by atoms with Crippen molar-refractivity contribution in [2.75, 3.05) is 0 Å². The van der Waals surface area contributed by atoms with Crippen LogP contribution in [-0.2, 0) is 0 Å². The minimum Gasteiger partial charge on any atom is -0.456 e. The Labute approximate surface area is 761 Å². The van der Waals surface area contributed by atoms with E-state index in [9.17, 15) is 0 Å². The number of hydrogen-bond acceptors (Lipinski definition) is 12. The number of benzene rings is 21. The Morgan fingerprint density at radius 1 is 0.120 bits per heavy atom. The molecule has 21 aromatic carbocycles. The first kappa shape index (κ1) is 77.2. The van der Waals surface area contributed by atoms with Crippen LogP contribution in [-0.4, -0.2) is 44.9 Å². The van der Waals surface area contributed by atoms with Crippen LogP contribution in [0.15, 0.2) is 456 Å². The number of furan rings is 3. The van der Waals surface area contributed by atoms with Gasteiger partial charge in [-0.2, -0.15) is 0 Å². The van der Waals surface area contributed by atoms with Gasteiger partial charge in [-0.15, -0.1) is 0 Å². The number of nitrogens with zero attached hydrogens (tertiary/aromatic N) is 9. The third kappa shape index (κ3) is 14.2. The zero-order valence-corrected chi connectivity index (χ0v) is 71.4. The van der Waals surface area contributed by atoms with Crippen LogP contribution >= 0.6 is 0 Å². The zero-order chi connectivity index (χ0) is 87.8. The summed E-state index contributed by atoms with van der Waals surface area (Å²) < 4.78 is 18.6. The van der Waals surface area contributed by atoms with Crippen molar-refractivity contribution in [3.8, 4) is 125 Å². The molecule has 0 aliphatic heterocycles. The van der Waals surface area contributed by atoms with Crippen LogP contribution in [0.4, 0.5) is 0 Å². The highest BCUT2D eigenvalue weighted by atomic mass is 16.3. The molecular formula is C121H73N9O3. The van der Waals surface area contributed by atoms with E-state index in [2.05, 4.69) is 303 Å². The summed E-state index contributed by atoms with van der Waals surface area (Å²) in [7, 11) is 0. The first-order chi connectivity index (χ1) is 65.9. The van der Waals surface area contributed by atoms with Gasteiger partial charge in [0.1, 0.15) is 33.5 Å². The molecule has 0 atom stereocenters. The second-order valence-corrected chi connectivity index (χ2v) is 33.3. The normalized spacial score (nSPS) is 11.6. The average Bonchev–Trinajstić information content (AvgIpc) is 1.73. The lowest BCUT2D eigenvalue weighted by Crippen LogP contribution is -2.01. The summed E-state index contributed by atoms with van der Waals surface area (Å²) in [6.45, 7) is 0. The van der Waals surface area contributed by atoms with E-state index in [-0.39, 0.29) is 0 Å². The van der Waals surface area contributed by atoms with Crippen LogP contribution in [0.1, 0.15) is 0 Å². The number of para-hydroxylation sites is 3. The Hall–Kier alpha value is -18.1. The molecule has 6 aromatic heterocycles. The molecule has 12 heteroatoms. The zero-order valence-electron chi connectivity index (χ0n) is 71.4. The maximum atomic E-state index is 6.28. The largest absolute Gasteiger partial charge is 0.456 e. The van der Waals surface area contributed by atoms with Crippen LogP contribution < -0.4 is 0 Å². The van der Waals surface area contributed by atoms with Gasteiger partial charge in [0.15, 0.2) is 52.4 Å². The van der Waals surface area contributed by atoms with Crippen LogP contribution in [0.3, 0.4) is 0 Å². The van der Waals surface area contributed by atoms with Crippen LogP contribution in [0.5, 0.6) is 0 Å². The molecule has 0 amide bonds. The lowest BCUT2D eigenvalue weighted by molar-refractivity contribution is 0.668. The quantitative estimate of drug-likeness (QED) is 0.113. The lowest BCUT2D eigenvalue weighted by Gasteiger charge is -2.14. The Balaban J connectivity index is 0.000000107. The van der Waals surface area contributed by atoms with E-state index in [0.29, 0.717) is 52.4 Å². The molecule has 0 fully saturated rings. The van der Waals surface area contributed by atoms with Crippen molar-refractivity contribution in [1.29, 1.82) is 0 Å². The number of hydrogen-bond donors (Lipinski definition) is 0. The number of rotatable bonds is 11. The third-order valence-corrected chi connectivity index (χ3v) is 25.3. The second kappa shape index (κ2) is 32.6. The monoisotopic (exact) mass is 1700 g/mol. The summed E-state index contributed by atoms with van der Waals surface area (Å²) in [4.78, 5) is 45.7. The first-order valence-electron chi connectivity index (χ1n) is 44.4. The molecule has 6 heterocycles. The Morgan fingerprint density at radius 3 is 0.962 bits per heavy atom. The van der Waals surface area contributed by atoms with Crippen LogP contribution in [0.2, 0.25) is 0 Å². The van der Waals surface area contributed by atoms with Crippen molar-refractivity contribution >= 4 is 141 Å². The van der Waals surface area contributed by atoms with E-state index in [0.717, 1.165) is 165 Å². The van der Waals surface area contributed by atoms with Crippen LogP contribution in [0, 0.1) is 0 Å². The molecule has 27 rings (SSSR count). The summed E-state index contributed by atoms with van der Waals surface area (Å²) >= 11 is 0. The molecule has 27 aromatic rings. The predicted octanol–water partition coefficient (Wildman–Crippen LogP) is 31.7. The number of fused-ring (bicyclic) bond motifs is 19. The second-order valence-electron chi connectivity index (χ2n) is 33.3. The van der Waals surface area contributed by atoms with E-state index in [4.69, 9.17) is 58.1 Å². The van der Waals surface area contributed by atoms with Crippen molar-refractivity contribution in [2.45, 2.75) is 0 Å². The highest BCUT2D eigenvalue weighted by molar-refractivity contribution is 6.18. The molecule has 0 N–H and O–H groups in total. The fourth-order valence-corrected chi connectivity index (χ4v) is 18.9. The standard InChI is InChI=1S/C43H25N3O.C41H25N3O.C37H23N3O/c1-3-14-28-26(12-1)24-36(32-18-7-5-16-30(28)32)42-44-41(35-21-11-23-39-40(35)34-20-9-10-22-38(34)47-39)45-43(46-42)37-25-27-13-2-4-15-29(27)31-17-6-8-19-33(31)37;1-2-9-26(10-3-1)27-17-20-29(21-18-27)39-42-40(31-23-24-33-30(25-31)22-19-28-11-4-5-12-32(28)33)44-41(43-39)35-14-8-16-37-38(35)34-13-6-7-15-36(34)45-37;1-3-10-24(11-4-1)35-38-36(25-12-5-2-6-13-25)40-37(39-35)29-15-9-14-26(20-29)27-18-19-28-23-34-32(22-30(28)21-27)31-16-7-8-17-33(31)41-34/h1-25H;1-25H;1-23H. The highest BCUT2D eigenvalue weighted by Crippen LogP contribution is 2.45. The molecular weight excluding hydrogens is 1630 g/mol. The van der Waals surface area contributed by atoms with Gasteiger partial charge in [-0.25, -0.2) is 44.9 Å². The van der Waals surface area contributed by atoms with Crippen molar-refractivity contribution in [1.82, 2.24) is 44.9 Å². The molecule has 0 bridgehead atoms. The molecule has 0 saturated heterocycles. The summed E-state index contributed by atoms with van der Waals surface area (Å²) in [5.74, 6) is 5.69. The molecule has 0 unspecified atom stereocenters. The fraction of sp³-hybridized carbons (Fsp3) is 0. The van der Waals surface area contributed by atoms with E-state index in [1.807, 2.05) is 140 Å². The molecule has 133 heavy (non-hydrogen) atoms. The van der Waals surface area contributed by atoms with Gasteiger partial charge in [0, 0.05) is 82.4 Å². The van der Waals surface area contributed by atoms with Gasteiger partial charge in [-0.3, -0.25) is 0 Å². The fourth-order valence-electron chi connectivity index (χ4n) is 18.9. The SMILES string of the molecule is c1ccc(-c2ccc(-c3nc(-c4ccc5c(ccc6ccccc65)c4)nc(-c4cccc5oc6ccccc6c45)n3)cc2)cc1.c1ccc(-c2nc(-c3ccccc3)nc(-c3cccc(-c4ccc5cc6oc7ccccc7c6cc5c4)c3)n2)cc1.c1ccc2c(c1)cc(-c1nc(-c3cc4ccccc4c4ccccc34)nc(-c3cccc4oc5ccccc5c34)n1)c1ccccc12. The van der Waals surface area contributed by atoms with Gasteiger partial charge >= 0.3 is 0 Å². The van der Waals surface area contributed by atoms with Crippen LogP contribution in [0.25, 0.3) is 266 Å². The van der Waals surface area contributed by atoms with Crippen molar-refractivity contribution in [3.63, 3.8) is 0 Å². The molecule has 12 nitrogen and oxygen atoms in total. The van der Waals surface area contributed by atoms with Gasteiger partial charge in [0.25, 0.3) is 0 Å². The minimum absolute atomic E-state index is 0.608. The molecule has 0 radical (unpaired) electrons. The van der Waals surface area contributed by atoms with Crippen molar-refractivity contribution in [3.05, 3.63) is 443 Å². The maximum Gasteiger partial charge on any atom is 0.164 e. The van der Waals surface area contributed by atoms with E-state index < -0.39 is 0 Å². The highest BCUT2D eigenvalue weighted by Gasteiger charge is 2.25. The molecule has 0 saturated carbocycles. The van der Waals surface area contributed by atoms with Gasteiger partial charge in [0.2, 0.25) is 0 Å². The minimum atomic E-state index is 0.608.